The molecule has 1 aromatic carbocycles. The highest BCUT2D eigenvalue weighted by molar-refractivity contribution is 7.88. The number of fused-ring (bicyclic) bond motifs is 1. The lowest BCUT2D eigenvalue weighted by Crippen LogP contribution is -2.43. The fourth-order valence-electron chi connectivity index (χ4n) is 4.26. The zero-order valence-corrected chi connectivity index (χ0v) is 20.1. The lowest BCUT2D eigenvalue weighted by Gasteiger charge is -2.33. The van der Waals surface area contributed by atoms with Crippen LogP contribution in [0.2, 0.25) is 0 Å². The third-order valence-electron chi connectivity index (χ3n) is 6.00. The summed E-state index contributed by atoms with van der Waals surface area (Å²) in [6.07, 6.45) is 5.06. The van der Waals surface area contributed by atoms with Gasteiger partial charge in [0.05, 0.1) is 12.9 Å². The standard InChI is InChI=1S/C23H31N5O4S/c1-16(2)25-23-24-10-6-21(26-23)28(15-17-7-11-27(12-8-17)33(3,30)31)22(29)19-4-5-20-18(14-19)9-13-32-20/h4-6,10,14,16-17H,7-9,11-13,15H2,1-3H3,(H,24,25,26). The topological polar surface area (TPSA) is 105 Å². The van der Waals surface area contributed by atoms with E-state index in [-0.39, 0.29) is 17.9 Å². The number of aromatic nitrogens is 2. The van der Waals surface area contributed by atoms with Crippen LogP contribution in [0.5, 0.6) is 5.75 Å². The molecule has 9 nitrogen and oxygen atoms in total. The number of sulfonamides is 1. The number of ether oxygens (including phenoxy) is 1. The summed E-state index contributed by atoms with van der Waals surface area (Å²) in [6, 6.07) is 7.44. The number of nitrogens with zero attached hydrogens (tertiary/aromatic N) is 4. The van der Waals surface area contributed by atoms with E-state index in [9.17, 15) is 13.2 Å². The van der Waals surface area contributed by atoms with E-state index in [2.05, 4.69) is 15.3 Å². The lowest BCUT2D eigenvalue weighted by atomic mass is 9.97. The SMILES string of the molecule is CC(C)Nc1nccc(N(CC2CCN(S(C)(=O)=O)CC2)C(=O)c2ccc3c(c2)CCO3)n1. The Morgan fingerprint density at radius 3 is 2.73 bits per heavy atom. The van der Waals surface area contributed by atoms with Gasteiger partial charge in [0.15, 0.2) is 0 Å². The Labute approximate surface area is 195 Å². The van der Waals surface area contributed by atoms with Gasteiger partial charge in [-0.2, -0.15) is 4.98 Å². The number of piperidine rings is 1. The molecule has 10 heteroatoms. The number of amides is 1. The van der Waals surface area contributed by atoms with E-state index in [1.165, 1.54) is 10.6 Å². The molecule has 0 spiro atoms. The first kappa shape index (κ1) is 23.4. The van der Waals surface area contributed by atoms with Crippen molar-refractivity contribution in [2.45, 2.75) is 39.2 Å². The number of anilines is 2. The van der Waals surface area contributed by atoms with Crippen molar-refractivity contribution in [2.75, 3.05) is 42.7 Å². The lowest BCUT2D eigenvalue weighted by molar-refractivity contribution is 0.0978. The van der Waals surface area contributed by atoms with Gasteiger partial charge in [-0.15, -0.1) is 0 Å². The van der Waals surface area contributed by atoms with Gasteiger partial charge in [-0.05, 0) is 62.4 Å². The Bertz CT molecular complexity index is 1110. The van der Waals surface area contributed by atoms with Gasteiger partial charge in [0.1, 0.15) is 11.6 Å². The minimum absolute atomic E-state index is 0.135. The number of carbonyl (C=O) groups is 1. The van der Waals surface area contributed by atoms with Crippen LogP contribution < -0.4 is 15.0 Å². The Morgan fingerprint density at radius 1 is 1.27 bits per heavy atom. The van der Waals surface area contributed by atoms with Crippen molar-refractivity contribution < 1.29 is 17.9 Å². The Hall–Kier alpha value is -2.72. The summed E-state index contributed by atoms with van der Waals surface area (Å²) in [7, 11) is -3.20. The number of rotatable bonds is 7. The van der Waals surface area contributed by atoms with Gasteiger partial charge in [-0.25, -0.2) is 17.7 Å². The highest BCUT2D eigenvalue weighted by Gasteiger charge is 2.29. The summed E-state index contributed by atoms with van der Waals surface area (Å²) in [6.45, 7) is 6.02. The maximum atomic E-state index is 13.7. The average molecular weight is 474 g/mol. The first-order chi connectivity index (χ1) is 15.7. The van der Waals surface area contributed by atoms with Crippen LogP contribution in [-0.4, -0.2) is 67.1 Å². The van der Waals surface area contributed by atoms with Crippen molar-refractivity contribution in [1.29, 1.82) is 0 Å². The molecular weight excluding hydrogens is 442 g/mol. The quantitative estimate of drug-likeness (QED) is 0.659. The van der Waals surface area contributed by atoms with Gasteiger partial charge in [-0.3, -0.25) is 9.69 Å². The van der Waals surface area contributed by atoms with Gasteiger partial charge in [0.2, 0.25) is 16.0 Å². The summed E-state index contributed by atoms with van der Waals surface area (Å²) in [5, 5.41) is 3.19. The Morgan fingerprint density at radius 2 is 2.03 bits per heavy atom. The highest BCUT2D eigenvalue weighted by atomic mass is 32.2. The van der Waals surface area contributed by atoms with Gasteiger partial charge in [0, 0.05) is 43.9 Å². The first-order valence-corrected chi connectivity index (χ1v) is 13.2. The molecule has 1 amide bonds. The van der Waals surface area contributed by atoms with Crippen molar-refractivity contribution in [3.63, 3.8) is 0 Å². The van der Waals surface area contributed by atoms with Crippen LogP contribution in [-0.2, 0) is 16.4 Å². The fraction of sp³-hybridized carbons (Fsp3) is 0.522. The molecule has 0 saturated carbocycles. The average Bonchev–Trinajstić information content (AvgIpc) is 3.24. The highest BCUT2D eigenvalue weighted by Crippen LogP contribution is 2.28. The van der Waals surface area contributed by atoms with E-state index in [4.69, 9.17) is 4.74 Å². The van der Waals surface area contributed by atoms with Crippen molar-refractivity contribution in [2.24, 2.45) is 5.92 Å². The molecular formula is C23H31N5O4S. The fourth-order valence-corrected chi connectivity index (χ4v) is 5.14. The van der Waals surface area contributed by atoms with Crippen LogP contribution in [0.25, 0.3) is 0 Å². The maximum absolute atomic E-state index is 13.7. The summed E-state index contributed by atoms with van der Waals surface area (Å²) < 4.78 is 30.8. The monoisotopic (exact) mass is 473 g/mol. The van der Waals surface area contributed by atoms with Gasteiger partial charge < -0.3 is 10.1 Å². The Kier molecular flexibility index (Phi) is 6.85. The molecule has 0 unspecified atom stereocenters. The van der Waals surface area contributed by atoms with Crippen LogP contribution in [0, 0.1) is 5.92 Å². The molecule has 0 bridgehead atoms. The van der Waals surface area contributed by atoms with E-state index >= 15 is 0 Å². The van der Waals surface area contributed by atoms with E-state index in [0.29, 0.717) is 56.4 Å². The zero-order chi connectivity index (χ0) is 23.6. The molecule has 3 heterocycles. The molecule has 1 saturated heterocycles. The summed E-state index contributed by atoms with van der Waals surface area (Å²) in [5.74, 6) is 1.86. The zero-order valence-electron chi connectivity index (χ0n) is 19.3. The minimum atomic E-state index is -3.20. The smallest absolute Gasteiger partial charge is 0.259 e. The summed E-state index contributed by atoms with van der Waals surface area (Å²) >= 11 is 0. The molecule has 178 valence electrons. The van der Waals surface area contributed by atoms with Gasteiger partial charge in [0.25, 0.3) is 5.91 Å². The van der Waals surface area contributed by atoms with Crippen molar-refractivity contribution in [1.82, 2.24) is 14.3 Å². The van der Waals surface area contributed by atoms with Crippen LogP contribution in [0.4, 0.5) is 11.8 Å². The summed E-state index contributed by atoms with van der Waals surface area (Å²) in [4.78, 5) is 24.3. The van der Waals surface area contributed by atoms with Crippen molar-refractivity contribution in [3.05, 3.63) is 41.6 Å². The van der Waals surface area contributed by atoms with E-state index in [1.54, 1.807) is 23.2 Å². The molecule has 1 aromatic heterocycles. The molecule has 1 fully saturated rings. The third kappa shape index (κ3) is 5.62. The van der Waals surface area contributed by atoms with E-state index in [1.807, 2.05) is 26.0 Å². The molecule has 0 radical (unpaired) electrons. The van der Waals surface area contributed by atoms with Crippen LogP contribution in [0.15, 0.2) is 30.5 Å². The molecule has 2 aromatic rings. The first-order valence-electron chi connectivity index (χ1n) is 11.3. The van der Waals surface area contributed by atoms with E-state index in [0.717, 1.165) is 17.7 Å². The van der Waals surface area contributed by atoms with Gasteiger partial charge >= 0.3 is 0 Å². The molecule has 4 rings (SSSR count). The molecule has 0 atom stereocenters. The van der Waals surface area contributed by atoms with E-state index < -0.39 is 10.0 Å². The second-order valence-electron chi connectivity index (χ2n) is 8.98. The van der Waals surface area contributed by atoms with Crippen LogP contribution in [0.3, 0.4) is 0 Å². The van der Waals surface area contributed by atoms with Gasteiger partial charge in [-0.1, -0.05) is 0 Å². The molecule has 0 aliphatic carbocycles. The second kappa shape index (κ2) is 9.64. The number of nitrogens with one attached hydrogen (secondary N) is 1. The molecule has 33 heavy (non-hydrogen) atoms. The van der Waals surface area contributed by atoms with Crippen LogP contribution in [0.1, 0.15) is 42.6 Å². The third-order valence-corrected chi connectivity index (χ3v) is 7.30. The Balaban J connectivity index is 1.59. The maximum Gasteiger partial charge on any atom is 0.259 e. The number of benzene rings is 1. The summed E-state index contributed by atoms with van der Waals surface area (Å²) in [5.41, 5.74) is 1.62. The van der Waals surface area contributed by atoms with Crippen molar-refractivity contribution >= 4 is 27.7 Å². The largest absolute Gasteiger partial charge is 0.493 e. The number of hydrogen-bond donors (Lipinski definition) is 1. The molecule has 2 aliphatic heterocycles. The predicted octanol–water partition coefficient (Wildman–Crippen LogP) is 2.55. The van der Waals surface area contributed by atoms with Crippen molar-refractivity contribution in [3.8, 4) is 5.75 Å². The molecule has 2 aliphatic rings. The number of hydrogen-bond acceptors (Lipinski definition) is 7. The van der Waals surface area contributed by atoms with Crippen LogP contribution >= 0.6 is 0 Å². The second-order valence-corrected chi connectivity index (χ2v) is 11.0. The normalized spacial score (nSPS) is 17.0. The minimum Gasteiger partial charge on any atom is -0.493 e. The number of carbonyl (C=O) groups excluding carboxylic acids is 1. The molecule has 1 N–H and O–H groups in total. The predicted molar refractivity (Wildman–Crippen MR) is 127 cm³/mol.